The first-order chi connectivity index (χ1) is 15.5. The molecule has 1 amide bonds. The fourth-order valence-electron chi connectivity index (χ4n) is 3.50. The highest BCUT2D eigenvalue weighted by molar-refractivity contribution is 7.99. The molecule has 32 heavy (non-hydrogen) atoms. The van der Waals surface area contributed by atoms with Gasteiger partial charge in [0.1, 0.15) is 0 Å². The minimum absolute atomic E-state index is 0.108. The highest BCUT2D eigenvalue weighted by atomic mass is 32.2. The molecule has 4 rings (SSSR count). The van der Waals surface area contributed by atoms with E-state index in [0.29, 0.717) is 28.3 Å². The van der Waals surface area contributed by atoms with Crippen molar-refractivity contribution in [3.05, 3.63) is 89.0 Å². The second-order valence-corrected chi connectivity index (χ2v) is 8.19. The summed E-state index contributed by atoms with van der Waals surface area (Å²) in [6.45, 7) is 7.83. The molecule has 0 aliphatic rings. The maximum absolute atomic E-state index is 12.9. The fourth-order valence-corrected chi connectivity index (χ4v) is 4.31. The van der Waals surface area contributed by atoms with Gasteiger partial charge in [-0.2, -0.15) is 5.10 Å². The molecule has 0 radical (unpaired) electrons. The van der Waals surface area contributed by atoms with Crippen LogP contribution in [0.25, 0.3) is 16.6 Å². The van der Waals surface area contributed by atoms with Crippen LogP contribution >= 0.6 is 11.8 Å². The summed E-state index contributed by atoms with van der Waals surface area (Å²) in [5.74, 6) is -0.0847. The van der Waals surface area contributed by atoms with Crippen molar-refractivity contribution in [1.82, 2.24) is 19.3 Å². The average Bonchev–Trinajstić information content (AvgIpc) is 3.08. The predicted octanol–water partition coefficient (Wildman–Crippen LogP) is 4.12. The zero-order chi connectivity index (χ0) is 22.7. The number of anilines is 1. The standard InChI is InChI=1S/C24H23N5O2S/c1-4-14-28-23(31)19-12-8-9-13-20(19)25-24(28)32-15-21(30)26-22-16(2)27-29(17(22)3)18-10-6-5-7-11-18/h4-13H,1,14-15H2,2-3H3,(H,26,30). The Hall–Kier alpha value is -3.65. The smallest absolute Gasteiger partial charge is 0.262 e. The Labute approximate surface area is 189 Å². The van der Waals surface area contributed by atoms with Crippen LogP contribution in [0.15, 0.2) is 77.2 Å². The Morgan fingerprint density at radius 3 is 2.59 bits per heavy atom. The number of aromatic nitrogens is 4. The summed E-state index contributed by atoms with van der Waals surface area (Å²) in [6.07, 6.45) is 1.65. The van der Waals surface area contributed by atoms with E-state index in [0.717, 1.165) is 17.1 Å². The minimum Gasteiger partial charge on any atom is -0.322 e. The van der Waals surface area contributed by atoms with Crippen molar-refractivity contribution in [2.75, 3.05) is 11.1 Å². The number of hydrogen-bond donors (Lipinski definition) is 1. The lowest BCUT2D eigenvalue weighted by molar-refractivity contribution is -0.113. The number of hydrogen-bond acceptors (Lipinski definition) is 5. The van der Waals surface area contributed by atoms with Gasteiger partial charge >= 0.3 is 0 Å². The summed E-state index contributed by atoms with van der Waals surface area (Å²) in [4.78, 5) is 30.2. The van der Waals surface area contributed by atoms with Gasteiger partial charge in [0.25, 0.3) is 5.56 Å². The fraction of sp³-hybridized carbons (Fsp3) is 0.167. The molecule has 8 heteroatoms. The Kier molecular flexibility index (Phi) is 6.23. The van der Waals surface area contributed by atoms with E-state index in [2.05, 4.69) is 22.0 Å². The SMILES string of the molecule is C=CCn1c(SCC(=O)Nc2c(C)nn(-c3ccccc3)c2C)nc2ccccc2c1=O. The first-order valence-electron chi connectivity index (χ1n) is 10.1. The van der Waals surface area contributed by atoms with Crippen molar-refractivity contribution < 1.29 is 4.79 Å². The van der Waals surface area contributed by atoms with Crippen LogP contribution in [0.3, 0.4) is 0 Å². The van der Waals surface area contributed by atoms with Crippen LogP contribution in [0, 0.1) is 13.8 Å². The molecule has 1 N–H and O–H groups in total. The van der Waals surface area contributed by atoms with Crippen molar-refractivity contribution in [2.24, 2.45) is 0 Å². The maximum atomic E-state index is 12.9. The molecule has 4 aromatic rings. The lowest BCUT2D eigenvalue weighted by Gasteiger charge is -2.11. The van der Waals surface area contributed by atoms with Crippen LogP contribution < -0.4 is 10.9 Å². The summed E-state index contributed by atoms with van der Waals surface area (Å²) in [6, 6.07) is 17.0. The number of carbonyl (C=O) groups is 1. The van der Waals surface area contributed by atoms with E-state index in [1.807, 2.05) is 61.0 Å². The number of thioether (sulfide) groups is 1. The van der Waals surface area contributed by atoms with Crippen molar-refractivity contribution >= 4 is 34.3 Å². The summed E-state index contributed by atoms with van der Waals surface area (Å²) >= 11 is 1.22. The Balaban J connectivity index is 1.55. The van der Waals surface area contributed by atoms with Gasteiger partial charge in [-0.25, -0.2) is 9.67 Å². The van der Waals surface area contributed by atoms with Gasteiger partial charge in [-0.1, -0.05) is 48.2 Å². The third kappa shape index (κ3) is 4.22. The van der Waals surface area contributed by atoms with Crippen LogP contribution in [-0.2, 0) is 11.3 Å². The second-order valence-electron chi connectivity index (χ2n) is 7.25. The molecule has 7 nitrogen and oxygen atoms in total. The average molecular weight is 446 g/mol. The third-order valence-electron chi connectivity index (χ3n) is 5.03. The second kappa shape index (κ2) is 9.23. The quantitative estimate of drug-likeness (QED) is 0.263. The summed E-state index contributed by atoms with van der Waals surface area (Å²) in [5, 5.41) is 8.55. The number of nitrogens with zero attached hydrogens (tertiary/aromatic N) is 4. The zero-order valence-corrected chi connectivity index (χ0v) is 18.7. The first kappa shape index (κ1) is 21.6. The Bertz CT molecular complexity index is 1360. The lowest BCUT2D eigenvalue weighted by atomic mass is 10.2. The van der Waals surface area contributed by atoms with Crippen molar-refractivity contribution in [1.29, 1.82) is 0 Å². The van der Waals surface area contributed by atoms with E-state index in [4.69, 9.17) is 0 Å². The molecule has 0 saturated heterocycles. The maximum Gasteiger partial charge on any atom is 0.262 e. The number of nitrogens with one attached hydrogen (secondary N) is 1. The lowest BCUT2D eigenvalue weighted by Crippen LogP contribution is -2.24. The van der Waals surface area contributed by atoms with Gasteiger partial charge in [-0.15, -0.1) is 6.58 Å². The topological polar surface area (TPSA) is 81.8 Å². The van der Waals surface area contributed by atoms with Gasteiger partial charge in [0.2, 0.25) is 5.91 Å². The highest BCUT2D eigenvalue weighted by Crippen LogP contribution is 2.24. The van der Waals surface area contributed by atoms with E-state index < -0.39 is 0 Å². The van der Waals surface area contributed by atoms with E-state index in [1.54, 1.807) is 18.2 Å². The van der Waals surface area contributed by atoms with Gasteiger partial charge in [-0.05, 0) is 38.1 Å². The molecular formula is C24H23N5O2S. The summed E-state index contributed by atoms with van der Waals surface area (Å²) in [5.41, 5.74) is 3.66. The number of allylic oxidation sites excluding steroid dienone is 1. The number of benzene rings is 2. The van der Waals surface area contributed by atoms with Crippen molar-refractivity contribution in [3.8, 4) is 5.69 Å². The molecule has 0 unspecified atom stereocenters. The number of fused-ring (bicyclic) bond motifs is 1. The molecule has 0 atom stereocenters. The highest BCUT2D eigenvalue weighted by Gasteiger charge is 2.17. The molecule has 0 bridgehead atoms. The zero-order valence-electron chi connectivity index (χ0n) is 17.9. The van der Waals surface area contributed by atoms with E-state index in [-0.39, 0.29) is 17.2 Å². The number of rotatable bonds is 7. The van der Waals surface area contributed by atoms with Gasteiger partial charge in [0.15, 0.2) is 5.16 Å². The van der Waals surface area contributed by atoms with Gasteiger partial charge in [-0.3, -0.25) is 14.2 Å². The molecule has 0 aliphatic heterocycles. The van der Waals surface area contributed by atoms with E-state index in [1.165, 1.54) is 16.3 Å². The Morgan fingerprint density at radius 1 is 1.12 bits per heavy atom. The van der Waals surface area contributed by atoms with Gasteiger partial charge in [0.05, 0.1) is 39.4 Å². The van der Waals surface area contributed by atoms with Crippen LogP contribution in [0.1, 0.15) is 11.4 Å². The molecule has 0 spiro atoms. The van der Waals surface area contributed by atoms with E-state index >= 15 is 0 Å². The number of aryl methyl sites for hydroxylation is 1. The molecule has 2 heterocycles. The molecule has 2 aromatic heterocycles. The van der Waals surface area contributed by atoms with Crippen LogP contribution in [0.4, 0.5) is 5.69 Å². The monoisotopic (exact) mass is 445 g/mol. The van der Waals surface area contributed by atoms with Gasteiger partial charge in [0, 0.05) is 6.54 Å². The molecule has 162 valence electrons. The van der Waals surface area contributed by atoms with E-state index in [9.17, 15) is 9.59 Å². The Morgan fingerprint density at radius 2 is 1.84 bits per heavy atom. The normalized spacial score (nSPS) is 10.9. The van der Waals surface area contributed by atoms with Crippen molar-refractivity contribution in [3.63, 3.8) is 0 Å². The predicted molar refractivity (Wildman–Crippen MR) is 129 cm³/mol. The molecule has 0 fully saturated rings. The third-order valence-corrected chi connectivity index (χ3v) is 6.00. The molecular weight excluding hydrogens is 422 g/mol. The van der Waals surface area contributed by atoms with Crippen LogP contribution in [0.5, 0.6) is 0 Å². The van der Waals surface area contributed by atoms with Crippen LogP contribution in [0.2, 0.25) is 0 Å². The first-order valence-corrected chi connectivity index (χ1v) is 11.1. The number of para-hydroxylation sites is 2. The summed E-state index contributed by atoms with van der Waals surface area (Å²) < 4.78 is 3.35. The van der Waals surface area contributed by atoms with Crippen molar-refractivity contribution in [2.45, 2.75) is 25.5 Å². The number of amides is 1. The van der Waals surface area contributed by atoms with Crippen LogP contribution in [-0.4, -0.2) is 31.0 Å². The molecule has 2 aromatic carbocycles. The van der Waals surface area contributed by atoms with Gasteiger partial charge < -0.3 is 5.32 Å². The summed E-state index contributed by atoms with van der Waals surface area (Å²) in [7, 11) is 0. The minimum atomic E-state index is -0.193. The number of carbonyl (C=O) groups excluding carboxylic acids is 1. The molecule has 0 aliphatic carbocycles. The largest absolute Gasteiger partial charge is 0.322 e. The molecule has 0 saturated carbocycles.